The maximum atomic E-state index is 11.9. The Hall–Kier alpha value is -3.71. The third-order valence-corrected chi connectivity index (χ3v) is 6.65. The molecule has 4 rings (SSSR count). The van der Waals surface area contributed by atoms with Crippen molar-refractivity contribution in [2.45, 2.75) is 45.1 Å². The molecular formula is C29H34N2O5. The van der Waals surface area contributed by atoms with E-state index >= 15 is 0 Å². The summed E-state index contributed by atoms with van der Waals surface area (Å²) in [6, 6.07) is 23.6. The smallest absolute Gasteiger partial charge is 0.414 e. The molecule has 1 aliphatic heterocycles. The number of hydrogen-bond acceptors (Lipinski definition) is 4. The standard InChI is InChI=1S/C27H32N2O.C2H2O4/c30-27-26(11-6-18-28-27)21-29-19-16-23(17-20-29)13-15-25-10-5-4-9-24(25)14-12-22-7-2-1-3-8-22;3-1(4)2(5)6/h1-11,18,23H,12-17,19-21H2,(H,28,30);(H,3,4)(H,5,6). The molecule has 3 N–H and O–H groups in total. The van der Waals surface area contributed by atoms with Crippen LogP contribution in [0.3, 0.4) is 0 Å². The number of carbonyl (C=O) groups is 2. The van der Waals surface area contributed by atoms with Gasteiger partial charge >= 0.3 is 11.9 Å². The van der Waals surface area contributed by atoms with E-state index < -0.39 is 11.9 Å². The van der Waals surface area contributed by atoms with Gasteiger partial charge in [-0.15, -0.1) is 0 Å². The van der Waals surface area contributed by atoms with E-state index in [-0.39, 0.29) is 5.56 Å². The Labute approximate surface area is 211 Å². The molecule has 1 aliphatic rings. The minimum absolute atomic E-state index is 0.0479. The number of aryl methyl sites for hydroxylation is 3. The molecule has 0 bridgehead atoms. The van der Waals surface area contributed by atoms with Gasteiger partial charge in [-0.1, -0.05) is 60.7 Å². The SMILES string of the molecule is O=C(O)C(=O)O.O=c1[nH]cccc1CN1CCC(CCc2ccccc2CCc2ccccc2)CC1. The molecule has 0 spiro atoms. The van der Waals surface area contributed by atoms with Crippen molar-refractivity contribution in [2.75, 3.05) is 13.1 Å². The fraction of sp³-hybridized carbons (Fsp3) is 0.345. The molecule has 3 aromatic rings. The van der Waals surface area contributed by atoms with Crippen LogP contribution in [0.25, 0.3) is 0 Å². The molecule has 36 heavy (non-hydrogen) atoms. The normalized spacial score (nSPS) is 14.0. The number of H-pyrrole nitrogens is 1. The number of nitrogens with zero attached hydrogens (tertiary/aromatic N) is 1. The lowest BCUT2D eigenvalue weighted by Gasteiger charge is -2.32. The first kappa shape index (κ1) is 26.9. The largest absolute Gasteiger partial charge is 0.473 e. The van der Waals surface area contributed by atoms with Crippen LogP contribution >= 0.6 is 0 Å². The van der Waals surface area contributed by atoms with E-state index in [2.05, 4.69) is 64.5 Å². The zero-order valence-corrected chi connectivity index (χ0v) is 20.4. The maximum Gasteiger partial charge on any atom is 0.414 e. The average molecular weight is 491 g/mol. The van der Waals surface area contributed by atoms with Crippen molar-refractivity contribution in [1.29, 1.82) is 0 Å². The molecule has 190 valence electrons. The summed E-state index contributed by atoms with van der Waals surface area (Å²) < 4.78 is 0. The second-order valence-corrected chi connectivity index (χ2v) is 9.15. The number of aliphatic carboxylic acids is 2. The number of pyridine rings is 1. The molecule has 1 saturated heterocycles. The Morgan fingerprint density at radius 2 is 1.36 bits per heavy atom. The topological polar surface area (TPSA) is 111 Å². The van der Waals surface area contributed by atoms with Gasteiger partial charge in [0, 0.05) is 18.3 Å². The average Bonchev–Trinajstić information content (AvgIpc) is 2.90. The van der Waals surface area contributed by atoms with Crippen LogP contribution in [-0.4, -0.2) is 45.1 Å². The summed E-state index contributed by atoms with van der Waals surface area (Å²) in [5, 5.41) is 14.8. The summed E-state index contributed by atoms with van der Waals surface area (Å²) in [7, 11) is 0. The second-order valence-electron chi connectivity index (χ2n) is 9.15. The Balaban J connectivity index is 0.000000538. The lowest BCUT2D eigenvalue weighted by molar-refractivity contribution is -0.159. The third-order valence-electron chi connectivity index (χ3n) is 6.65. The van der Waals surface area contributed by atoms with Crippen LogP contribution in [0.15, 0.2) is 77.7 Å². The van der Waals surface area contributed by atoms with Crippen molar-refractivity contribution in [2.24, 2.45) is 5.92 Å². The molecular weight excluding hydrogens is 456 g/mol. The van der Waals surface area contributed by atoms with Gasteiger partial charge < -0.3 is 15.2 Å². The second kappa shape index (κ2) is 14.0. The Morgan fingerprint density at radius 3 is 1.97 bits per heavy atom. The van der Waals surface area contributed by atoms with Gasteiger partial charge in [-0.3, -0.25) is 9.69 Å². The molecule has 0 saturated carbocycles. The van der Waals surface area contributed by atoms with Crippen LogP contribution in [0.4, 0.5) is 0 Å². The first-order chi connectivity index (χ1) is 17.4. The first-order valence-corrected chi connectivity index (χ1v) is 12.4. The third kappa shape index (κ3) is 8.82. The first-order valence-electron chi connectivity index (χ1n) is 12.4. The monoisotopic (exact) mass is 490 g/mol. The Kier molecular flexibility index (Phi) is 10.5. The fourth-order valence-electron chi connectivity index (χ4n) is 4.58. The quantitative estimate of drug-likeness (QED) is 0.409. The highest BCUT2D eigenvalue weighted by atomic mass is 16.4. The summed E-state index contributed by atoms with van der Waals surface area (Å²) in [4.78, 5) is 35.3. The molecule has 7 nitrogen and oxygen atoms in total. The van der Waals surface area contributed by atoms with Crippen molar-refractivity contribution in [1.82, 2.24) is 9.88 Å². The molecule has 0 unspecified atom stereocenters. The number of carboxylic acids is 2. The van der Waals surface area contributed by atoms with Crippen molar-refractivity contribution in [3.8, 4) is 0 Å². The number of nitrogens with one attached hydrogen (secondary N) is 1. The minimum atomic E-state index is -1.82. The van der Waals surface area contributed by atoms with Gasteiger partial charge in [-0.05, 0) is 80.3 Å². The number of likely N-dealkylation sites (tertiary alicyclic amines) is 1. The number of aromatic nitrogens is 1. The highest BCUT2D eigenvalue weighted by molar-refractivity contribution is 6.27. The van der Waals surface area contributed by atoms with Crippen LogP contribution in [-0.2, 0) is 35.4 Å². The van der Waals surface area contributed by atoms with Crippen molar-refractivity contribution in [3.63, 3.8) is 0 Å². The van der Waals surface area contributed by atoms with E-state index in [1.165, 1.54) is 42.4 Å². The highest BCUT2D eigenvalue weighted by Gasteiger charge is 2.20. The van der Waals surface area contributed by atoms with Gasteiger partial charge in [0.25, 0.3) is 5.56 Å². The lowest BCUT2D eigenvalue weighted by atomic mass is 9.88. The van der Waals surface area contributed by atoms with Gasteiger partial charge in [0.15, 0.2) is 0 Å². The summed E-state index contributed by atoms with van der Waals surface area (Å²) in [5.41, 5.74) is 5.36. The Bertz CT molecular complexity index is 1160. The van der Waals surface area contributed by atoms with Crippen molar-refractivity contribution >= 4 is 11.9 Å². The molecule has 0 radical (unpaired) electrons. The van der Waals surface area contributed by atoms with Gasteiger partial charge in [-0.25, -0.2) is 9.59 Å². The molecule has 2 aromatic carbocycles. The number of piperidine rings is 1. The van der Waals surface area contributed by atoms with E-state index in [0.29, 0.717) is 0 Å². The van der Waals surface area contributed by atoms with Gasteiger partial charge in [0.1, 0.15) is 0 Å². The van der Waals surface area contributed by atoms with Gasteiger partial charge in [0.2, 0.25) is 0 Å². The van der Waals surface area contributed by atoms with Gasteiger partial charge in [0.05, 0.1) is 0 Å². The summed E-state index contributed by atoms with van der Waals surface area (Å²) in [6.45, 7) is 2.95. The number of rotatable bonds is 8. The summed E-state index contributed by atoms with van der Waals surface area (Å²) >= 11 is 0. The zero-order chi connectivity index (χ0) is 25.8. The van der Waals surface area contributed by atoms with E-state index in [0.717, 1.165) is 44.0 Å². The lowest BCUT2D eigenvalue weighted by Crippen LogP contribution is -2.35. The molecule has 7 heteroatoms. The van der Waals surface area contributed by atoms with E-state index in [9.17, 15) is 4.79 Å². The van der Waals surface area contributed by atoms with Crippen LogP contribution in [0.5, 0.6) is 0 Å². The van der Waals surface area contributed by atoms with Crippen LogP contribution in [0.1, 0.15) is 41.5 Å². The minimum Gasteiger partial charge on any atom is -0.473 e. The van der Waals surface area contributed by atoms with E-state index in [1.54, 1.807) is 6.20 Å². The summed E-state index contributed by atoms with van der Waals surface area (Å²) in [6.07, 6.45) is 8.83. The van der Waals surface area contributed by atoms with E-state index in [4.69, 9.17) is 19.8 Å². The van der Waals surface area contributed by atoms with Crippen LogP contribution in [0.2, 0.25) is 0 Å². The fourth-order valence-corrected chi connectivity index (χ4v) is 4.58. The van der Waals surface area contributed by atoms with Gasteiger partial charge in [-0.2, -0.15) is 0 Å². The van der Waals surface area contributed by atoms with Crippen molar-refractivity contribution in [3.05, 3.63) is 106 Å². The highest BCUT2D eigenvalue weighted by Crippen LogP contribution is 2.24. The zero-order valence-electron chi connectivity index (χ0n) is 20.4. The number of aromatic amines is 1. The predicted molar refractivity (Wildman–Crippen MR) is 139 cm³/mol. The molecule has 0 atom stereocenters. The van der Waals surface area contributed by atoms with Crippen LogP contribution < -0.4 is 5.56 Å². The van der Waals surface area contributed by atoms with E-state index in [1.807, 2.05) is 12.1 Å². The number of carboxylic acid groups (broad SMARTS) is 2. The van der Waals surface area contributed by atoms with Crippen LogP contribution in [0, 0.1) is 5.92 Å². The number of hydrogen-bond donors (Lipinski definition) is 3. The molecule has 1 fully saturated rings. The molecule has 2 heterocycles. The molecule has 0 aliphatic carbocycles. The maximum absolute atomic E-state index is 11.9. The van der Waals surface area contributed by atoms with Crippen molar-refractivity contribution < 1.29 is 19.8 Å². The summed E-state index contributed by atoms with van der Waals surface area (Å²) in [5.74, 6) is -2.86. The molecule has 1 aromatic heterocycles. The number of benzene rings is 2. The predicted octanol–water partition coefficient (Wildman–Crippen LogP) is 4.16. The molecule has 0 amide bonds. The Morgan fingerprint density at radius 1 is 0.778 bits per heavy atom.